The minimum atomic E-state index is -0.0485. The molecule has 0 saturated carbocycles. The van der Waals surface area contributed by atoms with Crippen LogP contribution in [0.1, 0.15) is 22.0 Å². The third-order valence-electron chi connectivity index (χ3n) is 1.91. The van der Waals surface area contributed by atoms with Gasteiger partial charge < -0.3 is 4.74 Å². The average molecular weight is 231 g/mol. The second-order valence-electron chi connectivity index (χ2n) is 2.75. The normalized spacial score (nSPS) is 26.4. The Kier molecular flexibility index (Phi) is 1.58. The summed E-state index contributed by atoms with van der Waals surface area (Å²) in [5.74, 6) is 0.0781. The Balaban J connectivity index is 2.50. The van der Waals surface area contributed by atoms with Crippen LogP contribution in [0.25, 0.3) is 0 Å². The van der Waals surface area contributed by atoms with Gasteiger partial charge in [0.1, 0.15) is 0 Å². The Bertz CT molecular complexity index is 393. The summed E-state index contributed by atoms with van der Waals surface area (Å²) in [6.45, 7) is 1.22. The second-order valence-corrected chi connectivity index (χ2v) is 3.54. The van der Waals surface area contributed by atoms with Crippen molar-refractivity contribution in [2.75, 3.05) is 13.2 Å². The van der Waals surface area contributed by atoms with Gasteiger partial charge >= 0.3 is 0 Å². The quantitative estimate of drug-likeness (QED) is 0.740. The van der Waals surface area contributed by atoms with Gasteiger partial charge in [-0.05, 0) is 34.0 Å². The van der Waals surface area contributed by atoms with E-state index in [2.05, 4.69) is 20.9 Å². The zero-order chi connectivity index (χ0) is 11.0. The van der Waals surface area contributed by atoms with Gasteiger partial charge in [-0.3, -0.25) is 4.98 Å². The predicted molar refractivity (Wildman–Crippen MR) is 50.1 cm³/mol. The summed E-state index contributed by atoms with van der Waals surface area (Å²) in [5.41, 5.74) is 0.593. The van der Waals surface area contributed by atoms with E-state index in [4.69, 9.17) is 8.85 Å². The molecule has 0 spiro atoms. The van der Waals surface area contributed by atoms with Crippen molar-refractivity contribution in [2.24, 2.45) is 0 Å². The van der Waals surface area contributed by atoms with Crippen molar-refractivity contribution in [1.29, 1.82) is 0 Å². The van der Waals surface area contributed by atoms with Gasteiger partial charge in [0, 0.05) is 29.3 Å². The van der Waals surface area contributed by atoms with Crippen molar-refractivity contribution in [1.82, 2.24) is 4.98 Å². The summed E-state index contributed by atoms with van der Waals surface area (Å²) in [4.78, 5) is 3.79. The Hall–Kier alpha value is -0.410. The van der Waals surface area contributed by atoms with E-state index < -0.39 is 0 Å². The predicted octanol–water partition coefficient (Wildman–Crippen LogP) is 2.35. The molecule has 0 amide bonds. The molecule has 1 aliphatic heterocycles. The molecule has 0 radical (unpaired) electrons. The van der Waals surface area contributed by atoms with E-state index in [0.717, 1.165) is 6.42 Å². The standard InChI is InChI=1S/C9H10BrNO/c10-9-3-8(4-11-5-9)7-1-2-12-6-7/h3-5,7H,1-2,6H2/i3D,4D,5D. The molecule has 1 aromatic heterocycles. The van der Waals surface area contributed by atoms with E-state index in [0.29, 0.717) is 23.2 Å². The maximum absolute atomic E-state index is 7.86. The third kappa shape index (κ3) is 1.67. The van der Waals surface area contributed by atoms with Gasteiger partial charge in [0.2, 0.25) is 0 Å². The monoisotopic (exact) mass is 230 g/mol. The molecule has 64 valence electrons. The van der Waals surface area contributed by atoms with Crippen LogP contribution in [0.5, 0.6) is 0 Å². The lowest BCUT2D eigenvalue weighted by atomic mass is 10.0. The Morgan fingerprint density at radius 2 is 2.58 bits per heavy atom. The number of hydrogen-bond donors (Lipinski definition) is 0. The number of ether oxygens (including phenoxy) is 1. The molecule has 1 saturated heterocycles. The lowest BCUT2D eigenvalue weighted by molar-refractivity contribution is 0.194. The molecule has 1 atom stereocenters. The fraction of sp³-hybridized carbons (Fsp3) is 0.444. The van der Waals surface area contributed by atoms with Gasteiger partial charge in [-0.25, -0.2) is 0 Å². The van der Waals surface area contributed by atoms with Gasteiger partial charge in [-0.1, -0.05) is 0 Å². The van der Waals surface area contributed by atoms with Crippen LogP contribution >= 0.6 is 15.9 Å². The number of aromatic nitrogens is 1. The Labute approximate surface area is 84.3 Å². The zero-order valence-electron chi connectivity index (χ0n) is 9.43. The largest absolute Gasteiger partial charge is 0.381 e. The van der Waals surface area contributed by atoms with Crippen LogP contribution in [-0.2, 0) is 4.74 Å². The molecule has 0 aromatic carbocycles. The summed E-state index contributed by atoms with van der Waals surface area (Å²) < 4.78 is 28.6. The Morgan fingerprint density at radius 1 is 1.67 bits per heavy atom. The van der Waals surface area contributed by atoms with Crippen molar-refractivity contribution < 1.29 is 8.85 Å². The van der Waals surface area contributed by atoms with Crippen LogP contribution < -0.4 is 0 Å². The molecule has 1 aliphatic rings. The molecule has 1 fully saturated rings. The van der Waals surface area contributed by atoms with Gasteiger partial charge in [-0.2, -0.15) is 0 Å². The van der Waals surface area contributed by atoms with E-state index >= 15 is 0 Å². The van der Waals surface area contributed by atoms with Crippen molar-refractivity contribution in [3.63, 3.8) is 0 Å². The summed E-state index contributed by atoms with van der Waals surface area (Å²) in [6.07, 6.45) is 0.805. The molecule has 1 aromatic rings. The molecule has 1 unspecified atom stereocenters. The van der Waals surface area contributed by atoms with Crippen LogP contribution in [0.4, 0.5) is 0 Å². The number of halogens is 1. The molecule has 2 rings (SSSR count). The number of rotatable bonds is 1. The van der Waals surface area contributed by atoms with Crippen LogP contribution in [-0.4, -0.2) is 18.2 Å². The number of nitrogens with zero attached hydrogens (tertiary/aromatic N) is 1. The first kappa shape index (κ1) is 5.35. The highest BCUT2D eigenvalue weighted by Crippen LogP contribution is 2.25. The Morgan fingerprint density at radius 3 is 3.33 bits per heavy atom. The van der Waals surface area contributed by atoms with E-state index in [1.54, 1.807) is 0 Å². The fourth-order valence-electron chi connectivity index (χ4n) is 1.27. The first-order valence-electron chi connectivity index (χ1n) is 5.32. The highest BCUT2D eigenvalue weighted by molar-refractivity contribution is 9.10. The van der Waals surface area contributed by atoms with Crippen LogP contribution in [0.3, 0.4) is 0 Å². The van der Waals surface area contributed by atoms with Crippen molar-refractivity contribution in [2.45, 2.75) is 12.3 Å². The highest BCUT2D eigenvalue weighted by Gasteiger charge is 2.17. The van der Waals surface area contributed by atoms with Crippen molar-refractivity contribution in [3.8, 4) is 0 Å². The average Bonchev–Trinajstić information content (AvgIpc) is 2.68. The molecule has 12 heavy (non-hydrogen) atoms. The van der Waals surface area contributed by atoms with Gasteiger partial charge in [0.05, 0.1) is 10.7 Å². The molecular weight excluding hydrogens is 218 g/mol. The molecule has 0 aliphatic carbocycles. The molecule has 3 heteroatoms. The van der Waals surface area contributed by atoms with E-state index in [-0.39, 0.29) is 24.3 Å². The maximum atomic E-state index is 7.86. The zero-order valence-corrected chi connectivity index (χ0v) is 8.02. The smallest absolute Gasteiger partial charge is 0.0852 e. The topological polar surface area (TPSA) is 22.1 Å². The summed E-state index contributed by atoms with van der Waals surface area (Å²) in [7, 11) is 0. The molecular formula is C9H10BrNO. The first-order valence-corrected chi connectivity index (χ1v) is 4.61. The van der Waals surface area contributed by atoms with Crippen LogP contribution in [0.15, 0.2) is 22.9 Å². The minimum Gasteiger partial charge on any atom is -0.381 e. The van der Waals surface area contributed by atoms with Crippen LogP contribution in [0.2, 0.25) is 0 Å². The third-order valence-corrected chi connectivity index (χ3v) is 2.29. The van der Waals surface area contributed by atoms with Gasteiger partial charge in [-0.15, -0.1) is 0 Å². The highest BCUT2D eigenvalue weighted by atomic mass is 79.9. The second kappa shape index (κ2) is 3.54. The lowest BCUT2D eigenvalue weighted by Gasteiger charge is -2.06. The minimum absolute atomic E-state index is 0.0312. The summed E-state index contributed by atoms with van der Waals surface area (Å²) >= 11 is 3.15. The summed E-state index contributed by atoms with van der Waals surface area (Å²) in [6, 6.07) is 0.204. The number of pyridine rings is 1. The molecule has 0 bridgehead atoms. The lowest BCUT2D eigenvalue weighted by Crippen LogP contribution is -1.97. The number of hydrogen-bond acceptors (Lipinski definition) is 2. The van der Waals surface area contributed by atoms with Crippen LogP contribution in [0, 0.1) is 0 Å². The SMILES string of the molecule is [2H]c1nc([2H])c(C2CCOC2)c([2H])c1Br. The van der Waals surface area contributed by atoms with E-state index in [1.807, 2.05) is 0 Å². The van der Waals surface area contributed by atoms with E-state index in [1.165, 1.54) is 0 Å². The maximum Gasteiger partial charge on any atom is 0.0852 e. The van der Waals surface area contributed by atoms with Gasteiger partial charge in [0.15, 0.2) is 0 Å². The van der Waals surface area contributed by atoms with Crippen molar-refractivity contribution in [3.05, 3.63) is 28.4 Å². The fourth-order valence-corrected chi connectivity index (χ4v) is 1.57. The molecule has 2 heterocycles. The first-order chi connectivity index (χ1) is 7.11. The summed E-state index contributed by atoms with van der Waals surface area (Å²) in [5, 5.41) is 0. The van der Waals surface area contributed by atoms with Gasteiger partial charge in [0.25, 0.3) is 0 Å². The van der Waals surface area contributed by atoms with Crippen molar-refractivity contribution >= 4 is 15.9 Å². The van der Waals surface area contributed by atoms with E-state index in [9.17, 15) is 0 Å². The molecule has 0 N–H and O–H groups in total. The molecule has 2 nitrogen and oxygen atoms in total.